The first-order chi connectivity index (χ1) is 9.61. The average Bonchev–Trinajstić information content (AvgIpc) is 2.45. The van der Waals surface area contributed by atoms with E-state index in [0.717, 1.165) is 10.6 Å². The molecule has 1 atom stereocenters. The monoisotopic (exact) mass is 294 g/mol. The number of carbonyl (C=O) groups excluding carboxylic acids is 2. The van der Waals surface area contributed by atoms with Crippen LogP contribution in [0.3, 0.4) is 0 Å². The van der Waals surface area contributed by atoms with Crippen molar-refractivity contribution in [1.82, 2.24) is 5.32 Å². The van der Waals surface area contributed by atoms with Gasteiger partial charge in [-0.25, -0.2) is 4.79 Å². The van der Waals surface area contributed by atoms with Crippen molar-refractivity contribution in [3.63, 3.8) is 0 Å². The van der Waals surface area contributed by atoms with Gasteiger partial charge in [0.2, 0.25) is 0 Å². The Kier molecular flexibility index (Phi) is 4.89. The molecule has 0 unspecified atom stereocenters. The van der Waals surface area contributed by atoms with Crippen LogP contribution in [0.1, 0.15) is 13.3 Å². The molecule has 108 valence electrons. The molecule has 6 heteroatoms. The molecule has 0 aromatic heterocycles. The van der Waals surface area contributed by atoms with Gasteiger partial charge >= 0.3 is 12.0 Å². The molecule has 1 aliphatic heterocycles. The Bertz CT molecular complexity index is 507. The SMILES string of the molecule is COC(=O)CCNC(=O)N1C[C@@H](C)Sc2ccccc21. The van der Waals surface area contributed by atoms with Gasteiger partial charge in [-0.2, -0.15) is 0 Å². The predicted molar refractivity (Wildman–Crippen MR) is 79.1 cm³/mol. The third-order valence-corrected chi connectivity index (χ3v) is 4.15. The van der Waals surface area contributed by atoms with Crippen LogP contribution in [0.25, 0.3) is 0 Å². The number of methoxy groups -OCH3 is 1. The number of amides is 2. The summed E-state index contributed by atoms with van der Waals surface area (Å²) < 4.78 is 4.54. The zero-order valence-electron chi connectivity index (χ0n) is 11.6. The highest BCUT2D eigenvalue weighted by Gasteiger charge is 2.26. The number of esters is 1. The number of nitrogens with zero attached hydrogens (tertiary/aromatic N) is 1. The summed E-state index contributed by atoms with van der Waals surface area (Å²) in [5.41, 5.74) is 0.922. The molecular formula is C14H18N2O3S. The van der Waals surface area contributed by atoms with E-state index in [4.69, 9.17) is 0 Å². The molecule has 0 radical (unpaired) electrons. The minimum atomic E-state index is -0.326. The van der Waals surface area contributed by atoms with Gasteiger partial charge in [-0.05, 0) is 12.1 Å². The lowest BCUT2D eigenvalue weighted by Crippen LogP contribution is -2.45. The zero-order chi connectivity index (χ0) is 14.5. The van der Waals surface area contributed by atoms with E-state index < -0.39 is 0 Å². The zero-order valence-corrected chi connectivity index (χ0v) is 12.4. The van der Waals surface area contributed by atoms with E-state index in [2.05, 4.69) is 17.0 Å². The minimum Gasteiger partial charge on any atom is -0.469 e. The minimum absolute atomic E-state index is 0.173. The molecule has 1 aromatic rings. The van der Waals surface area contributed by atoms with Crippen molar-refractivity contribution in [2.75, 3.05) is 25.1 Å². The molecule has 0 aliphatic carbocycles. The third kappa shape index (κ3) is 3.45. The summed E-state index contributed by atoms with van der Waals surface area (Å²) in [6, 6.07) is 7.67. The van der Waals surface area contributed by atoms with Gasteiger partial charge in [-0.15, -0.1) is 11.8 Å². The summed E-state index contributed by atoms with van der Waals surface area (Å²) in [5, 5.41) is 3.10. The van der Waals surface area contributed by atoms with E-state index in [1.807, 2.05) is 24.3 Å². The van der Waals surface area contributed by atoms with Crippen LogP contribution in [0, 0.1) is 0 Å². The van der Waals surface area contributed by atoms with Gasteiger partial charge in [0.1, 0.15) is 0 Å². The number of carbonyl (C=O) groups is 2. The highest BCUT2D eigenvalue weighted by molar-refractivity contribution is 8.00. The number of para-hydroxylation sites is 1. The fourth-order valence-corrected chi connectivity index (χ4v) is 3.16. The molecule has 0 saturated carbocycles. The first-order valence-electron chi connectivity index (χ1n) is 6.49. The number of benzene rings is 1. The highest BCUT2D eigenvalue weighted by Crippen LogP contribution is 2.37. The standard InChI is InChI=1S/C14H18N2O3S/c1-10-9-16(11-5-3-4-6-12(11)20-10)14(18)15-8-7-13(17)19-2/h3-6,10H,7-9H2,1-2H3,(H,15,18)/t10-/m1/s1. The fourth-order valence-electron chi connectivity index (χ4n) is 2.05. The number of urea groups is 1. The van der Waals surface area contributed by atoms with Crippen LogP contribution in [-0.2, 0) is 9.53 Å². The fraction of sp³-hybridized carbons (Fsp3) is 0.429. The second-order valence-electron chi connectivity index (χ2n) is 4.56. The highest BCUT2D eigenvalue weighted by atomic mass is 32.2. The van der Waals surface area contributed by atoms with Crippen LogP contribution in [0.15, 0.2) is 29.2 Å². The molecule has 20 heavy (non-hydrogen) atoms. The van der Waals surface area contributed by atoms with E-state index >= 15 is 0 Å². The Morgan fingerprint density at radius 2 is 2.20 bits per heavy atom. The van der Waals surface area contributed by atoms with Crippen LogP contribution < -0.4 is 10.2 Å². The number of anilines is 1. The maximum absolute atomic E-state index is 12.2. The van der Waals surface area contributed by atoms with E-state index in [-0.39, 0.29) is 25.0 Å². The molecule has 0 bridgehead atoms. The quantitative estimate of drug-likeness (QED) is 0.869. The Morgan fingerprint density at radius 3 is 2.95 bits per heavy atom. The molecule has 2 amide bonds. The van der Waals surface area contributed by atoms with E-state index in [1.165, 1.54) is 7.11 Å². The second-order valence-corrected chi connectivity index (χ2v) is 6.05. The van der Waals surface area contributed by atoms with E-state index in [0.29, 0.717) is 11.8 Å². The van der Waals surface area contributed by atoms with Gasteiger partial charge in [0.15, 0.2) is 0 Å². The molecular weight excluding hydrogens is 276 g/mol. The summed E-state index contributed by atoms with van der Waals surface area (Å²) in [6.45, 7) is 3.03. The Hall–Kier alpha value is -1.69. The topological polar surface area (TPSA) is 58.6 Å². The van der Waals surface area contributed by atoms with Crippen molar-refractivity contribution in [3.8, 4) is 0 Å². The van der Waals surface area contributed by atoms with Crippen LogP contribution in [0.5, 0.6) is 0 Å². The summed E-state index contributed by atoms with van der Waals surface area (Å²) in [5.74, 6) is -0.326. The summed E-state index contributed by atoms with van der Waals surface area (Å²) in [7, 11) is 1.34. The Morgan fingerprint density at radius 1 is 1.45 bits per heavy atom. The number of ether oxygens (including phenoxy) is 1. The number of hydrogen-bond acceptors (Lipinski definition) is 4. The van der Waals surface area contributed by atoms with E-state index in [1.54, 1.807) is 16.7 Å². The first kappa shape index (κ1) is 14.7. The molecule has 0 spiro atoms. The van der Waals surface area contributed by atoms with Crippen molar-refractivity contribution in [2.45, 2.75) is 23.5 Å². The lowest BCUT2D eigenvalue weighted by Gasteiger charge is -2.32. The Balaban J connectivity index is 2.01. The Labute approximate surface area is 122 Å². The van der Waals surface area contributed by atoms with Crippen LogP contribution in [-0.4, -0.2) is 37.4 Å². The molecule has 1 aromatic carbocycles. The smallest absolute Gasteiger partial charge is 0.321 e. The largest absolute Gasteiger partial charge is 0.469 e. The summed E-state index contributed by atoms with van der Waals surface area (Å²) >= 11 is 1.77. The third-order valence-electron chi connectivity index (χ3n) is 3.00. The normalized spacial score (nSPS) is 17.3. The lowest BCUT2D eigenvalue weighted by molar-refractivity contribution is -0.140. The average molecular weight is 294 g/mol. The van der Waals surface area contributed by atoms with Crippen molar-refractivity contribution in [3.05, 3.63) is 24.3 Å². The number of rotatable bonds is 3. The maximum atomic E-state index is 12.2. The first-order valence-corrected chi connectivity index (χ1v) is 7.37. The van der Waals surface area contributed by atoms with Crippen LogP contribution in [0.4, 0.5) is 10.5 Å². The molecule has 0 saturated heterocycles. The summed E-state index contributed by atoms with van der Waals surface area (Å²) in [4.78, 5) is 26.1. The van der Waals surface area contributed by atoms with Crippen molar-refractivity contribution >= 4 is 29.4 Å². The molecule has 1 heterocycles. The number of hydrogen-bond donors (Lipinski definition) is 1. The maximum Gasteiger partial charge on any atom is 0.321 e. The van der Waals surface area contributed by atoms with Crippen molar-refractivity contribution in [1.29, 1.82) is 0 Å². The summed E-state index contributed by atoms with van der Waals surface area (Å²) in [6.07, 6.45) is 0.183. The molecule has 5 nitrogen and oxygen atoms in total. The molecule has 0 fully saturated rings. The van der Waals surface area contributed by atoms with Gasteiger partial charge in [0.25, 0.3) is 0 Å². The number of nitrogens with one attached hydrogen (secondary N) is 1. The van der Waals surface area contributed by atoms with Crippen LogP contribution in [0.2, 0.25) is 0 Å². The van der Waals surface area contributed by atoms with Crippen molar-refractivity contribution < 1.29 is 14.3 Å². The van der Waals surface area contributed by atoms with Gasteiger partial charge < -0.3 is 10.1 Å². The predicted octanol–water partition coefficient (Wildman–Crippen LogP) is 2.26. The molecule has 2 rings (SSSR count). The van der Waals surface area contributed by atoms with E-state index in [9.17, 15) is 9.59 Å². The van der Waals surface area contributed by atoms with Gasteiger partial charge in [-0.3, -0.25) is 9.69 Å². The lowest BCUT2D eigenvalue weighted by atomic mass is 10.2. The molecule has 1 N–H and O–H groups in total. The van der Waals surface area contributed by atoms with Gasteiger partial charge in [-0.1, -0.05) is 19.1 Å². The van der Waals surface area contributed by atoms with Crippen LogP contribution >= 0.6 is 11.8 Å². The number of thioether (sulfide) groups is 1. The van der Waals surface area contributed by atoms with Gasteiger partial charge in [0, 0.05) is 23.2 Å². The molecule has 1 aliphatic rings. The van der Waals surface area contributed by atoms with Crippen molar-refractivity contribution in [2.24, 2.45) is 0 Å². The van der Waals surface area contributed by atoms with Gasteiger partial charge in [0.05, 0.1) is 19.2 Å². The number of fused-ring (bicyclic) bond motifs is 1. The second kappa shape index (κ2) is 6.65.